The number of ether oxygens (including phenoxy) is 2. The third-order valence-electron chi connectivity index (χ3n) is 2.75. The molecule has 2 rings (SSSR count). The summed E-state index contributed by atoms with van der Waals surface area (Å²) in [5.74, 6) is -0.413. The molecule has 18 heavy (non-hydrogen) atoms. The van der Waals surface area contributed by atoms with Crippen LogP contribution in [0.2, 0.25) is 0 Å². The molecule has 0 bridgehead atoms. The maximum Gasteiger partial charge on any atom is 0.325 e. The number of carbonyl (C=O) groups is 2. The number of benzene rings is 1. The monoisotopic (exact) mass is 266 g/mol. The van der Waals surface area contributed by atoms with Gasteiger partial charge in [0.15, 0.2) is 0 Å². The summed E-state index contributed by atoms with van der Waals surface area (Å²) >= 11 is 1.02. The van der Waals surface area contributed by atoms with Crippen molar-refractivity contribution in [2.45, 2.75) is 11.2 Å². The van der Waals surface area contributed by atoms with Crippen LogP contribution in [0.25, 0.3) is 0 Å². The molecule has 0 spiro atoms. The van der Waals surface area contributed by atoms with Crippen molar-refractivity contribution in [3.8, 4) is 0 Å². The number of rotatable bonds is 3. The van der Waals surface area contributed by atoms with Crippen LogP contribution in [0.3, 0.4) is 0 Å². The van der Waals surface area contributed by atoms with Crippen LogP contribution in [0, 0.1) is 0 Å². The first-order chi connectivity index (χ1) is 8.66. The Morgan fingerprint density at radius 1 is 1.44 bits per heavy atom. The molecule has 0 radical (unpaired) electrons. The van der Waals surface area contributed by atoms with E-state index in [-0.39, 0.29) is 18.3 Å². The lowest BCUT2D eigenvalue weighted by Crippen LogP contribution is -2.47. The van der Waals surface area contributed by atoms with Gasteiger partial charge in [0.25, 0.3) is 0 Å². The zero-order valence-electron chi connectivity index (χ0n) is 10.0. The number of carbonyl (C=O) groups excluding carboxylic acids is 2. The standard InChI is InChI=1S/C13H14O4S/c1-16-12(15)13(9-17-8-11(14)18-13)7-10-5-3-2-4-6-10/h2-6H,7-9H2,1H3. The summed E-state index contributed by atoms with van der Waals surface area (Å²) in [5.41, 5.74) is 0.980. The Morgan fingerprint density at radius 2 is 2.17 bits per heavy atom. The van der Waals surface area contributed by atoms with Crippen molar-refractivity contribution >= 4 is 22.8 Å². The average molecular weight is 266 g/mol. The van der Waals surface area contributed by atoms with E-state index >= 15 is 0 Å². The van der Waals surface area contributed by atoms with E-state index in [1.54, 1.807) is 0 Å². The van der Waals surface area contributed by atoms with Gasteiger partial charge >= 0.3 is 5.97 Å². The topological polar surface area (TPSA) is 52.6 Å². The summed E-state index contributed by atoms with van der Waals surface area (Å²) < 4.78 is 9.09. The molecule has 1 atom stereocenters. The Bertz CT molecular complexity index is 446. The Morgan fingerprint density at radius 3 is 2.78 bits per heavy atom. The van der Waals surface area contributed by atoms with Crippen molar-refractivity contribution in [2.24, 2.45) is 0 Å². The van der Waals surface area contributed by atoms with Gasteiger partial charge < -0.3 is 9.47 Å². The predicted octanol–water partition coefficient (Wildman–Crippen LogP) is 1.43. The molecule has 0 amide bonds. The summed E-state index contributed by atoms with van der Waals surface area (Å²) in [7, 11) is 1.33. The van der Waals surface area contributed by atoms with Crippen LogP contribution in [0.5, 0.6) is 0 Å². The molecular weight excluding hydrogens is 252 g/mol. The Hall–Kier alpha value is -1.33. The van der Waals surface area contributed by atoms with E-state index in [0.717, 1.165) is 17.3 Å². The van der Waals surface area contributed by atoms with Crippen LogP contribution < -0.4 is 0 Å². The second kappa shape index (κ2) is 5.54. The van der Waals surface area contributed by atoms with Gasteiger partial charge in [-0.3, -0.25) is 9.59 Å². The van der Waals surface area contributed by atoms with E-state index in [4.69, 9.17) is 9.47 Å². The third kappa shape index (κ3) is 2.73. The van der Waals surface area contributed by atoms with Gasteiger partial charge in [-0.15, -0.1) is 0 Å². The first-order valence-corrected chi connectivity index (χ1v) is 6.40. The summed E-state index contributed by atoms with van der Waals surface area (Å²) in [6, 6.07) is 9.55. The smallest absolute Gasteiger partial charge is 0.325 e. The molecule has 1 aliphatic rings. The summed E-state index contributed by atoms with van der Waals surface area (Å²) in [6.45, 7) is 0.253. The SMILES string of the molecule is COC(=O)C1(Cc2ccccc2)COCC(=O)S1. The first kappa shape index (κ1) is 13.1. The van der Waals surface area contributed by atoms with Crippen molar-refractivity contribution in [3.05, 3.63) is 35.9 Å². The first-order valence-electron chi connectivity index (χ1n) is 5.58. The maximum absolute atomic E-state index is 12.0. The van der Waals surface area contributed by atoms with E-state index in [9.17, 15) is 9.59 Å². The minimum atomic E-state index is -0.953. The normalized spacial score (nSPS) is 23.7. The summed E-state index contributed by atoms with van der Waals surface area (Å²) in [5, 5.41) is -0.136. The second-order valence-corrected chi connectivity index (χ2v) is 5.56. The van der Waals surface area contributed by atoms with Gasteiger partial charge in [0.2, 0.25) is 5.12 Å². The van der Waals surface area contributed by atoms with Crippen molar-refractivity contribution in [2.75, 3.05) is 20.3 Å². The fourth-order valence-electron chi connectivity index (χ4n) is 1.95. The molecule has 1 aliphatic heterocycles. The highest BCUT2D eigenvalue weighted by Gasteiger charge is 2.45. The van der Waals surface area contributed by atoms with Crippen LogP contribution in [-0.4, -0.2) is 36.2 Å². The van der Waals surface area contributed by atoms with E-state index in [0.29, 0.717) is 6.42 Å². The quantitative estimate of drug-likeness (QED) is 0.775. The summed E-state index contributed by atoms with van der Waals surface area (Å²) in [6.07, 6.45) is 0.428. The van der Waals surface area contributed by atoms with E-state index < -0.39 is 10.7 Å². The van der Waals surface area contributed by atoms with Gasteiger partial charge in [-0.2, -0.15) is 0 Å². The molecule has 1 aromatic carbocycles. The average Bonchev–Trinajstić information content (AvgIpc) is 2.39. The van der Waals surface area contributed by atoms with Crippen molar-refractivity contribution in [3.63, 3.8) is 0 Å². The van der Waals surface area contributed by atoms with Crippen molar-refractivity contribution in [1.82, 2.24) is 0 Å². The van der Waals surface area contributed by atoms with Gasteiger partial charge in [-0.25, -0.2) is 0 Å². The van der Waals surface area contributed by atoms with Crippen LogP contribution in [0.1, 0.15) is 5.56 Å². The molecule has 1 aromatic rings. The minimum absolute atomic E-state index is 0.0538. The molecule has 1 heterocycles. The van der Waals surface area contributed by atoms with E-state index in [1.807, 2.05) is 30.3 Å². The summed E-state index contributed by atoms with van der Waals surface area (Å²) in [4.78, 5) is 23.5. The highest BCUT2D eigenvalue weighted by molar-refractivity contribution is 8.15. The largest absolute Gasteiger partial charge is 0.468 e. The number of methoxy groups -OCH3 is 1. The number of thioether (sulfide) groups is 1. The highest BCUT2D eigenvalue weighted by atomic mass is 32.2. The molecule has 5 heteroatoms. The predicted molar refractivity (Wildman–Crippen MR) is 68.3 cm³/mol. The van der Waals surface area contributed by atoms with Crippen LogP contribution in [0.4, 0.5) is 0 Å². The third-order valence-corrected chi connectivity index (χ3v) is 3.92. The molecule has 0 saturated carbocycles. The zero-order valence-corrected chi connectivity index (χ0v) is 10.9. The van der Waals surface area contributed by atoms with Gasteiger partial charge in [0.1, 0.15) is 11.4 Å². The van der Waals surface area contributed by atoms with E-state index in [2.05, 4.69) is 0 Å². The Balaban J connectivity index is 2.25. The fourth-order valence-corrected chi connectivity index (χ4v) is 3.07. The molecule has 0 N–H and O–H groups in total. The van der Waals surface area contributed by atoms with Crippen LogP contribution in [-0.2, 0) is 25.5 Å². The molecule has 4 nitrogen and oxygen atoms in total. The van der Waals surface area contributed by atoms with Crippen molar-refractivity contribution in [1.29, 1.82) is 0 Å². The van der Waals surface area contributed by atoms with Gasteiger partial charge in [0, 0.05) is 6.42 Å². The fraction of sp³-hybridized carbons (Fsp3) is 0.385. The van der Waals surface area contributed by atoms with Gasteiger partial charge in [0.05, 0.1) is 13.7 Å². The molecule has 1 saturated heterocycles. The van der Waals surface area contributed by atoms with Crippen LogP contribution >= 0.6 is 11.8 Å². The highest BCUT2D eigenvalue weighted by Crippen LogP contribution is 2.35. The zero-order chi connectivity index (χ0) is 13.0. The molecule has 0 aliphatic carbocycles. The molecule has 96 valence electrons. The van der Waals surface area contributed by atoms with E-state index in [1.165, 1.54) is 7.11 Å². The van der Waals surface area contributed by atoms with Crippen LogP contribution in [0.15, 0.2) is 30.3 Å². The second-order valence-electron chi connectivity index (χ2n) is 4.12. The van der Waals surface area contributed by atoms with Gasteiger partial charge in [-0.05, 0) is 5.56 Å². The maximum atomic E-state index is 12.0. The lowest BCUT2D eigenvalue weighted by molar-refractivity contribution is -0.146. The molecule has 1 fully saturated rings. The number of esters is 1. The van der Waals surface area contributed by atoms with Crippen molar-refractivity contribution < 1.29 is 19.1 Å². The molecular formula is C13H14O4S. The number of hydrogen-bond acceptors (Lipinski definition) is 5. The molecule has 1 unspecified atom stereocenters. The lowest BCUT2D eigenvalue weighted by atomic mass is 9.99. The number of hydrogen-bond donors (Lipinski definition) is 0. The molecule has 0 aromatic heterocycles. The Kier molecular flexibility index (Phi) is 4.04. The lowest BCUT2D eigenvalue weighted by Gasteiger charge is -2.32. The van der Waals surface area contributed by atoms with Gasteiger partial charge in [-0.1, -0.05) is 42.1 Å². The minimum Gasteiger partial charge on any atom is -0.468 e. The Labute approximate surface area is 110 Å².